The van der Waals surface area contributed by atoms with Gasteiger partial charge in [0.05, 0.1) is 5.69 Å². The molecule has 1 aromatic heterocycles. The van der Waals surface area contributed by atoms with Crippen LogP contribution >= 0.6 is 0 Å². The van der Waals surface area contributed by atoms with Crippen LogP contribution in [0.2, 0.25) is 0 Å². The number of amides is 1. The van der Waals surface area contributed by atoms with Crippen LogP contribution in [0.3, 0.4) is 0 Å². The highest BCUT2D eigenvalue weighted by molar-refractivity contribution is 6.05. The van der Waals surface area contributed by atoms with Crippen molar-refractivity contribution in [3.63, 3.8) is 0 Å². The van der Waals surface area contributed by atoms with E-state index in [1.165, 1.54) is 0 Å². The summed E-state index contributed by atoms with van der Waals surface area (Å²) in [5.74, 6) is 0.122. The summed E-state index contributed by atoms with van der Waals surface area (Å²) in [6.07, 6.45) is 0.819. The fraction of sp³-hybridized carbons (Fsp3) is 0.231. The molecule has 0 atom stereocenters. The minimum absolute atomic E-state index is 0.154. The molecule has 2 heterocycles. The summed E-state index contributed by atoms with van der Waals surface area (Å²) in [4.78, 5) is 14.0. The Bertz CT molecular complexity index is 618. The van der Waals surface area contributed by atoms with Crippen molar-refractivity contribution in [3.05, 3.63) is 41.3 Å². The predicted molar refractivity (Wildman–Crippen MR) is 67.5 cm³/mol. The van der Waals surface area contributed by atoms with E-state index in [1.54, 1.807) is 24.0 Å². The van der Waals surface area contributed by atoms with Gasteiger partial charge in [0.2, 0.25) is 5.76 Å². The van der Waals surface area contributed by atoms with Crippen molar-refractivity contribution in [2.24, 2.45) is 0 Å². The summed E-state index contributed by atoms with van der Waals surface area (Å²) in [6, 6.07) is 7.24. The van der Waals surface area contributed by atoms with E-state index in [0.717, 1.165) is 23.4 Å². The van der Waals surface area contributed by atoms with E-state index in [4.69, 9.17) is 10.3 Å². The summed E-state index contributed by atoms with van der Waals surface area (Å²) < 4.78 is 5.01. The van der Waals surface area contributed by atoms with Gasteiger partial charge in [0.15, 0.2) is 0 Å². The molecule has 0 saturated heterocycles. The third-order valence-electron chi connectivity index (χ3n) is 3.08. The van der Waals surface area contributed by atoms with Crippen molar-refractivity contribution in [3.8, 4) is 0 Å². The van der Waals surface area contributed by atoms with Crippen molar-refractivity contribution in [2.45, 2.75) is 13.3 Å². The first-order valence-electron chi connectivity index (χ1n) is 5.79. The SMILES string of the molecule is Cc1cc(C(=O)N2CCc3cc(N)ccc32)on1. The molecule has 0 unspecified atom stereocenters. The number of hydrogen-bond acceptors (Lipinski definition) is 4. The number of nitrogens with zero attached hydrogens (tertiary/aromatic N) is 2. The van der Waals surface area contributed by atoms with Crippen molar-refractivity contribution in [2.75, 3.05) is 17.2 Å². The molecule has 0 bridgehead atoms. The van der Waals surface area contributed by atoms with E-state index in [0.29, 0.717) is 12.2 Å². The molecule has 1 aromatic carbocycles. The lowest BCUT2D eigenvalue weighted by molar-refractivity contribution is 0.0954. The monoisotopic (exact) mass is 243 g/mol. The van der Waals surface area contributed by atoms with Crippen LogP contribution in [0.25, 0.3) is 0 Å². The van der Waals surface area contributed by atoms with Gasteiger partial charge in [-0.1, -0.05) is 5.16 Å². The summed E-state index contributed by atoms with van der Waals surface area (Å²) in [7, 11) is 0. The Morgan fingerprint density at radius 3 is 3.00 bits per heavy atom. The zero-order chi connectivity index (χ0) is 12.7. The van der Waals surface area contributed by atoms with Crippen LogP contribution in [-0.4, -0.2) is 17.6 Å². The molecule has 0 radical (unpaired) electrons. The fourth-order valence-electron chi connectivity index (χ4n) is 2.23. The molecular formula is C13H13N3O2. The molecule has 0 fully saturated rings. The second kappa shape index (κ2) is 3.87. The highest BCUT2D eigenvalue weighted by Gasteiger charge is 2.27. The fourth-order valence-corrected chi connectivity index (χ4v) is 2.23. The van der Waals surface area contributed by atoms with Crippen LogP contribution < -0.4 is 10.6 Å². The maximum atomic E-state index is 12.3. The van der Waals surface area contributed by atoms with Crippen LogP contribution in [0.4, 0.5) is 11.4 Å². The Labute approximate surface area is 104 Å². The lowest BCUT2D eigenvalue weighted by atomic mass is 10.1. The Morgan fingerprint density at radius 2 is 2.28 bits per heavy atom. The van der Waals surface area contributed by atoms with Crippen molar-refractivity contribution < 1.29 is 9.32 Å². The molecule has 1 aliphatic heterocycles. The molecule has 5 heteroatoms. The Balaban J connectivity index is 1.95. The number of hydrogen-bond donors (Lipinski definition) is 1. The third kappa shape index (κ3) is 1.64. The lowest BCUT2D eigenvalue weighted by Gasteiger charge is -2.15. The van der Waals surface area contributed by atoms with Crippen LogP contribution in [-0.2, 0) is 6.42 Å². The van der Waals surface area contributed by atoms with Crippen LogP contribution in [0.15, 0.2) is 28.8 Å². The number of nitrogens with two attached hydrogens (primary N) is 1. The number of rotatable bonds is 1. The molecule has 1 amide bonds. The minimum atomic E-state index is -0.154. The lowest BCUT2D eigenvalue weighted by Crippen LogP contribution is -2.28. The number of benzene rings is 1. The summed E-state index contributed by atoms with van der Waals surface area (Å²) in [5.41, 5.74) is 9.16. The zero-order valence-corrected chi connectivity index (χ0v) is 10.0. The second-order valence-electron chi connectivity index (χ2n) is 4.43. The van der Waals surface area contributed by atoms with Crippen LogP contribution in [0.5, 0.6) is 0 Å². The number of nitrogen functional groups attached to an aromatic ring is 1. The first-order valence-corrected chi connectivity index (χ1v) is 5.79. The second-order valence-corrected chi connectivity index (χ2v) is 4.43. The largest absolute Gasteiger partial charge is 0.399 e. The van der Waals surface area contributed by atoms with E-state index in [1.807, 2.05) is 12.1 Å². The molecular weight excluding hydrogens is 230 g/mol. The molecule has 2 aromatic rings. The highest BCUT2D eigenvalue weighted by Crippen LogP contribution is 2.30. The molecule has 0 spiro atoms. The molecule has 2 N–H and O–H groups in total. The first-order chi connectivity index (χ1) is 8.65. The predicted octanol–water partition coefficient (Wildman–Crippen LogP) is 1.77. The maximum Gasteiger partial charge on any atom is 0.296 e. The van der Waals surface area contributed by atoms with E-state index in [9.17, 15) is 4.79 Å². The third-order valence-corrected chi connectivity index (χ3v) is 3.08. The van der Waals surface area contributed by atoms with Gasteiger partial charge in [-0.25, -0.2) is 0 Å². The average molecular weight is 243 g/mol. The van der Waals surface area contributed by atoms with Gasteiger partial charge in [-0.3, -0.25) is 4.79 Å². The Kier molecular flexibility index (Phi) is 2.33. The minimum Gasteiger partial charge on any atom is -0.399 e. The quantitative estimate of drug-likeness (QED) is 0.775. The van der Waals surface area contributed by atoms with Gasteiger partial charge >= 0.3 is 0 Å². The molecule has 5 nitrogen and oxygen atoms in total. The molecule has 3 rings (SSSR count). The standard InChI is InChI=1S/C13H13N3O2/c1-8-6-12(18-15-8)13(17)16-5-4-9-7-10(14)2-3-11(9)16/h2-3,6-7H,4-5,14H2,1H3. The molecule has 0 saturated carbocycles. The summed E-state index contributed by atoms with van der Waals surface area (Å²) in [6.45, 7) is 2.44. The van der Waals surface area contributed by atoms with E-state index in [2.05, 4.69) is 5.16 Å². The normalized spacial score (nSPS) is 13.7. The number of carbonyl (C=O) groups is 1. The van der Waals surface area contributed by atoms with Crippen molar-refractivity contribution in [1.82, 2.24) is 5.16 Å². The number of fused-ring (bicyclic) bond motifs is 1. The average Bonchev–Trinajstić information content (AvgIpc) is 2.94. The molecule has 0 aliphatic carbocycles. The highest BCUT2D eigenvalue weighted by atomic mass is 16.5. The van der Waals surface area contributed by atoms with Gasteiger partial charge in [0.1, 0.15) is 0 Å². The van der Waals surface area contributed by atoms with Crippen LogP contribution in [0, 0.1) is 6.92 Å². The van der Waals surface area contributed by atoms with Gasteiger partial charge in [0.25, 0.3) is 5.91 Å². The first kappa shape index (κ1) is 10.8. The number of carbonyl (C=O) groups excluding carboxylic acids is 1. The van der Waals surface area contributed by atoms with Gasteiger partial charge in [-0.15, -0.1) is 0 Å². The van der Waals surface area contributed by atoms with Gasteiger partial charge in [-0.2, -0.15) is 0 Å². The van der Waals surface area contributed by atoms with Gasteiger partial charge in [0, 0.05) is 24.0 Å². The van der Waals surface area contributed by atoms with Gasteiger partial charge < -0.3 is 15.2 Å². The topological polar surface area (TPSA) is 72.4 Å². The Morgan fingerprint density at radius 1 is 1.44 bits per heavy atom. The van der Waals surface area contributed by atoms with E-state index in [-0.39, 0.29) is 11.7 Å². The van der Waals surface area contributed by atoms with Crippen molar-refractivity contribution >= 4 is 17.3 Å². The zero-order valence-electron chi connectivity index (χ0n) is 10.0. The van der Waals surface area contributed by atoms with Crippen LogP contribution in [0.1, 0.15) is 21.8 Å². The molecule has 1 aliphatic rings. The van der Waals surface area contributed by atoms with Crippen molar-refractivity contribution in [1.29, 1.82) is 0 Å². The number of anilines is 2. The summed E-state index contributed by atoms with van der Waals surface area (Å²) >= 11 is 0. The van der Waals surface area contributed by atoms with E-state index >= 15 is 0 Å². The maximum absolute atomic E-state index is 12.3. The van der Waals surface area contributed by atoms with E-state index < -0.39 is 0 Å². The summed E-state index contributed by atoms with van der Waals surface area (Å²) in [5, 5.41) is 3.74. The molecule has 92 valence electrons. The number of aromatic nitrogens is 1. The number of aryl methyl sites for hydroxylation is 1. The molecule has 18 heavy (non-hydrogen) atoms. The Hall–Kier alpha value is -2.30. The smallest absolute Gasteiger partial charge is 0.296 e. The van der Waals surface area contributed by atoms with Gasteiger partial charge in [-0.05, 0) is 37.1 Å².